The van der Waals surface area contributed by atoms with Gasteiger partial charge in [-0.1, -0.05) is 24.5 Å². The molecule has 0 aliphatic heterocycles. The minimum Gasteiger partial charge on any atom is -0.495 e. The van der Waals surface area contributed by atoms with Gasteiger partial charge in [0.2, 0.25) is 5.75 Å². The molecule has 0 heterocycles. The van der Waals surface area contributed by atoms with Gasteiger partial charge in [0, 0.05) is 12.8 Å². The van der Waals surface area contributed by atoms with Crippen LogP contribution >= 0.6 is 0 Å². The number of unbranched alkanes of at least 4 members (excludes halogenated alkanes) is 2. The number of hydrogen-bond acceptors (Lipinski definition) is 5. The molecule has 0 N–H and O–H groups in total. The molecule has 0 bridgehead atoms. The Hall–Kier alpha value is -3.39. The van der Waals surface area contributed by atoms with Crippen LogP contribution in [0, 0.1) is 11.8 Å². The zero-order valence-electron chi connectivity index (χ0n) is 17.3. The van der Waals surface area contributed by atoms with Crippen LogP contribution < -0.4 is 18.9 Å². The van der Waals surface area contributed by atoms with E-state index in [9.17, 15) is 4.79 Å². The number of hydrogen-bond donors (Lipinski definition) is 0. The molecule has 0 saturated carbocycles. The Morgan fingerprint density at radius 3 is 2.14 bits per heavy atom. The lowest BCUT2D eigenvalue weighted by atomic mass is 9.97. The number of benzene rings is 2. The quantitative estimate of drug-likeness (QED) is 0.356. The van der Waals surface area contributed by atoms with Gasteiger partial charge in [-0.2, -0.15) is 0 Å². The normalized spacial score (nSPS) is 9.79. The topological polar surface area (TPSA) is 54.0 Å². The average Bonchev–Trinajstić information content (AvgIpc) is 2.77. The highest BCUT2D eigenvalue weighted by molar-refractivity contribution is 5.81. The molecule has 0 aromatic heterocycles. The van der Waals surface area contributed by atoms with Gasteiger partial charge in [-0.25, -0.2) is 0 Å². The predicted molar refractivity (Wildman–Crippen MR) is 114 cm³/mol. The number of ether oxygens (including phenoxy) is 4. The fourth-order valence-electron chi connectivity index (χ4n) is 2.85. The van der Waals surface area contributed by atoms with Gasteiger partial charge in [0.1, 0.15) is 12.0 Å². The Kier molecular flexibility index (Phi) is 8.17. The van der Waals surface area contributed by atoms with Gasteiger partial charge in [-0.05, 0) is 47.4 Å². The Bertz CT molecular complexity index is 909. The van der Waals surface area contributed by atoms with E-state index in [-0.39, 0.29) is 0 Å². The third kappa shape index (κ3) is 5.32. The van der Waals surface area contributed by atoms with Gasteiger partial charge in [-0.3, -0.25) is 0 Å². The molecular weight excluding hydrogens is 368 g/mol. The summed E-state index contributed by atoms with van der Waals surface area (Å²) < 4.78 is 21.7. The summed E-state index contributed by atoms with van der Waals surface area (Å²) in [5, 5.41) is 0. The van der Waals surface area contributed by atoms with Crippen LogP contribution in [-0.2, 0) is 4.79 Å². The van der Waals surface area contributed by atoms with Gasteiger partial charge < -0.3 is 23.7 Å². The summed E-state index contributed by atoms with van der Waals surface area (Å²) in [4.78, 5) is 10.4. The maximum Gasteiger partial charge on any atom is 0.203 e. The van der Waals surface area contributed by atoms with Crippen LogP contribution in [0.5, 0.6) is 23.0 Å². The summed E-state index contributed by atoms with van der Waals surface area (Å²) in [6, 6.07) is 9.46. The molecule has 0 aliphatic rings. The summed E-state index contributed by atoms with van der Waals surface area (Å²) in [6.07, 6.45) is 2.82. The monoisotopic (exact) mass is 394 g/mol. The molecule has 5 heteroatoms. The Morgan fingerprint density at radius 1 is 0.931 bits per heavy atom. The lowest BCUT2D eigenvalue weighted by Gasteiger charge is -2.16. The fourth-order valence-corrected chi connectivity index (χ4v) is 2.85. The third-order valence-electron chi connectivity index (χ3n) is 4.41. The summed E-state index contributed by atoms with van der Waals surface area (Å²) in [6.45, 7) is 4.24. The molecule has 2 aromatic carbocycles. The first kappa shape index (κ1) is 21.9. The Morgan fingerprint density at radius 2 is 1.59 bits per heavy atom. The van der Waals surface area contributed by atoms with Crippen LogP contribution in [0.2, 0.25) is 0 Å². The van der Waals surface area contributed by atoms with Gasteiger partial charge >= 0.3 is 0 Å². The van der Waals surface area contributed by atoms with Crippen molar-refractivity contribution < 1.29 is 23.7 Å². The number of methoxy groups -OCH3 is 4. The van der Waals surface area contributed by atoms with E-state index in [2.05, 4.69) is 18.4 Å². The summed E-state index contributed by atoms with van der Waals surface area (Å²) in [7, 11) is 6.34. The molecule has 0 amide bonds. The average molecular weight is 394 g/mol. The molecule has 0 unspecified atom stereocenters. The molecule has 0 fully saturated rings. The van der Waals surface area contributed by atoms with Crippen molar-refractivity contribution in [1.82, 2.24) is 0 Å². The molecule has 0 radical (unpaired) electrons. The van der Waals surface area contributed by atoms with Gasteiger partial charge in [-0.15, -0.1) is 0 Å². The Labute approximate surface area is 172 Å². The number of carbonyl (C=O) groups is 1. The smallest absolute Gasteiger partial charge is 0.203 e. The largest absolute Gasteiger partial charge is 0.495 e. The van der Waals surface area contributed by atoms with Crippen molar-refractivity contribution in [2.75, 3.05) is 28.4 Å². The van der Waals surface area contributed by atoms with Crippen LogP contribution in [0.1, 0.15) is 36.0 Å². The zero-order valence-corrected chi connectivity index (χ0v) is 17.3. The minimum absolute atomic E-state index is 0.518. The van der Waals surface area contributed by atoms with E-state index in [4.69, 9.17) is 18.9 Å². The highest BCUT2D eigenvalue weighted by atomic mass is 16.5. The van der Waals surface area contributed by atoms with Crippen LogP contribution in [0.25, 0.3) is 5.57 Å². The van der Waals surface area contributed by atoms with E-state index in [1.807, 2.05) is 30.3 Å². The lowest BCUT2D eigenvalue weighted by molar-refractivity contribution is -0.107. The molecule has 0 atom stereocenters. The number of rotatable bonds is 9. The third-order valence-corrected chi connectivity index (χ3v) is 4.41. The molecular formula is C24H26O5. The number of carbonyl (C=O) groups excluding carboxylic acids is 1. The molecule has 5 nitrogen and oxygen atoms in total. The fraction of sp³-hybridized carbons (Fsp3) is 0.292. The van der Waals surface area contributed by atoms with E-state index < -0.39 is 0 Å². The maximum absolute atomic E-state index is 10.4. The summed E-state index contributed by atoms with van der Waals surface area (Å²) >= 11 is 0. The van der Waals surface area contributed by atoms with E-state index in [0.717, 1.165) is 35.0 Å². The second-order valence-electron chi connectivity index (χ2n) is 6.17. The molecule has 152 valence electrons. The van der Waals surface area contributed by atoms with E-state index in [1.165, 1.54) is 0 Å². The van der Waals surface area contributed by atoms with E-state index >= 15 is 0 Å². The van der Waals surface area contributed by atoms with Crippen LogP contribution in [0.3, 0.4) is 0 Å². The zero-order chi connectivity index (χ0) is 21.2. The van der Waals surface area contributed by atoms with Crippen LogP contribution in [0.4, 0.5) is 0 Å². The van der Waals surface area contributed by atoms with Crippen molar-refractivity contribution in [3.8, 4) is 34.8 Å². The van der Waals surface area contributed by atoms with Crippen molar-refractivity contribution in [2.24, 2.45) is 0 Å². The van der Waals surface area contributed by atoms with Crippen molar-refractivity contribution in [2.45, 2.75) is 19.3 Å². The first-order valence-electron chi connectivity index (χ1n) is 9.19. The summed E-state index contributed by atoms with van der Waals surface area (Å²) in [5.74, 6) is 8.57. The highest BCUT2D eigenvalue weighted by Crippen LogP contribution is 2.41. The van der Waals surface area contributed by atoms with Gasteiger partial charge in [0.05, 0.1) is 34.0 Å². The van der Waals surface area contributed by atoms with E-state index in [1.54, 1.807) is 28.4 Å². The standard InChI is InChI=1S/C24H26O5/c1-17(20-15-22(27-3)24(29-5)23(16-20)28-4)18-11-12-21(26-2)19(14-18)10-8-6-7-9-13-25/h11-16H,1,6-7,9H2,2-5H3. The molecule has 0 saturated heterocycles. The van der Waals surface area contributed by atoms with Crippen LogP contribution in [0.15, 0.2) is 36.9 Å². The van der Waals surface area contributed by atoms with Crippen LogP contribution in [-0.4, -0.2) is 34.7 Å². The lowest BCUT2D eigenvalue weighted by Crippen LogP contribution is -1.98. The highest BCUT2D eigenvalue weighted by Gasteiger charge is 2.16. The van der Waals surface area contributed by atoms with Crippen molar-refractivity contribution in [1.29, 1.82) is 0 Å². The predicted octanol–water partition coefficient (Wildman–Crippen LogP) is 4.50. The van der Waals surface area contributed by atoms with Crippen molar-refractivity contribution >= 4 is 11.9 Å². The Balaban J connectivity index is 2.40. The second kappa shape index (κ2) is 10.8. The summed E-state index contributed by atoms with van der Waals surface area (Å²) in [5.41, 5.74) is 3.30. The maximum atomic E-state index is 10.4. The molecule has 0 aliphatic carbocycles. The van der Waals surface area contributed by atoms with Crippen molar-refractivity contribution in [3.05, 3.63) is 53.6 Å². The van der Waals surface area contributed by atoms with E-state index in [0.29, 0.717) is 35.8 Å². The first-order chi connectivity index (χ1) is 14.1. The van der Waals surface area contributed by atoms with Gasteiger partial charge in [0.25, 0.3) is 0 Å². The molecule has 29 heavy (non-hydrogen) atoms. The van der Waals surface area contributed by atoms with Crippen molar-refractivity contribution in [3.63, 3.8) is 0 Å². The molecule has 0 spiro atoms. The molecule has 2 rings (SSSR count). The SMILES string of the molecule is C=C(c1ccc(OC)c(C#CCCCC=O)c1)c1cc(OC)c(OC)c(OC)c1. The number of aldehydes is 1. The minimum atomic E-state index is 0.518. The van der Waals surface area contributed by atoms with Gasteiger partial charge in [0.15, 0.2) is 11.5 Å². The molecule has 2 aromatic rings. The second-order valence-corrected chi connectivity index (χ2v) is 6.17. The first-order valence-corrected chi connectivity index (χ1v) is 9.19.